The molecule has 4 fully saturated rings. The van der Waals surface area contributed by atoms with E-state index in [2.05, 4.69) is 10.0 Å². The summed E-state index contributed by atoms with van der Waals surface area (Å²) in [5, 5.41) is 5.61. The van der Waals surface area contributed by atoms with Gasteiger partial charge in [-0.3, -0.25) is 0 Å². The quantitative estimate of drug-likeness (QED) is 0.686. The van der Waals surface area contributed by atoms with Gasteiger partial charge in [-0.1, -0.05) is 38.5 Å². The first-order valence-corrected chi connectivity index (χ1v) is 8.49. The maximum atomic E-state index is 2.80. The minimum absolute atomic E-state index is 0.569. The highest BCUT2D eigenvalue weighted by atomic mass is 15.9. The van der Waals surface area contributed by atoms with E-state index < -0.39 is 0 Å². The molecule has 4 rings (SSSR count). The van der Waals surface area contributed by atoms with E-state index in [4.69, 9.17) is 0 Å². The summed E-state index contributed by atoms with van der Waals surface area (Å²) in [5.74, 6) is 2.02. The van der Waals surface area contributed by atoms with Crippen LogP contribution in [-0.2, 0) is 0 Å². The molecule has 0 aromatic carbocycles. The predicted molar refractivity (Wildman–Crippen MR) is 73.9 cm³/mol. The van der Waals surface area contributed by atoms with Gasteiger partial charge in [0, 0.05) is 13.1 Å². The van der Waals surface area contributed by atoms with Crippen LogP contribution in [0.15, 0.2) is 0 Å². The number of hydrogen-bond acceptors (Lipinski definition) is 2. The van der Waals surface area contributed by atoms with Gasteiger partial charge in [0.2, 0.25) is 0 Å². The summed E-state index contributed by atoms with van der Waals surface area (Å²) in [6.07, 6.45) is 16.5. The van der Waals surface area contributed by atoms with Crippen LogP contribution in [0.3, 0.4) is 0 Å². The zero-order valence-electron chi connectivity index (χ0n) is 11.7. The summed E-state index contributed by atoms with van der Waals surface area (Å²) < 4.78 is 0. The number of nitrogens with zero attached hydrogens (tertiary/aromatic N) is 2. The van der Waals surface area contributed by atoms with Gasteiger partial charge in [0.15, 0.2) is 0 Å². The van der Waals surface area contributed by atoms with Crippen molar-refractivity contribution in [2.45, 2.75) is 76.3 Å². The molecule has 2 aliphatic carbocycles. The Kier molecular flexibility index (Phi) is 2.92. The van der Waals surface area contributed by atoms with Gasteiger partial charge in [-0.05, 0) is 43.9 Å². The molecule has 0 spiro atoms. The third-order valence-corrected chi connectivity index (χ3v) is 6.23. The van der Waals surface area contributed by atoms with Crippen molar-refractivity contribution < 1.29 is 0 Å². The summed E-state index contributed by atoms with van der Waals surface area (Å²) in [6, 6.07) is 0. The normalized spacial score (nSPS) is 40.7. The lowest BCUT2D eigenvalue weighted by atomic mass is 9.71. The largest absolute Gasteiger partial charge is 0.218 e. The monoisotopic (exact) mass is 248 g/mol. The molecule has 2 unspecified atom stereocenters. The van der Waals surface area contributed by atoms with E-state index in [0.29, 0.717) is 5.66 Å². The van der Waals surface area contributed by atoms with Crippen LogP contribution in [0.4, 0.5) is 0 Å². The van der Waals surface area contributed by atoms with Crippen molar-refractivity contribution in [1.82, 2.24) is 10.0 Å². The molecule has 2 saturated heterocycles. The zero-order chi connectivity index (χ0) is 12.0. The highest BCUT2D eigenvalue weighted by Gasteiger charge is 2.69. The number of rotatable bonds is 2. The number of hydrazine groups is 1. The number of fused-ring (bicyclic) bond motifs is 1. The average Bonchev–Trinajstić information content (AvgIpc) is 2.82. The fraction of sp³-hybridized carbons (Fsp3) is 1.00. The maximum absolute atomic E-state index is 2.80. The van der Waals surface area contributed by atoms with E-state index in [1.807, 2.05) is 0 Å². The molecule has 0 radical (unpaired) electrons. The van der Waals surface area contributed by atoms with Crippen LogP contribution in [-0.4, -0.2) is 28.8 Å². The maximum Gasteiger partial charge on any atom is 0.106 e. The van der Waals surface area contributed by atoms with Crippen LogP contribution >= 0.6 is 0 Å². The van der Waals surface area contributed by atoms with E-state index in [1.54, 1.807) is 0 Å². The van der Waals surface area contributed by atoms with Crippen molar-refractivity contribution in [2.75, 3.05) is 13.1 Å². The SMILES string of the molecule is C1CCC(C2(C3CCCCC3)N3CCCN32)CC1. The van der Waals surface area contributed by atoms with Crippen molar-refractivity contribution in [2.24, 2.45) is 11.8 Å². The fourth-order valence-corrected chi connectivity index (χ4v) is 5.54. The molecule has 0 bridgehead atoms. The smallest absolute Gasteiger partial charge is 0.106 e. The van der Waals surface area contributed by atoms with Crippen molar-refractivity contribution >= 4 is 0 Å². The van der Waals surface area contributed by atoms with Crippen molar-refractivity contribution in [3.05, 3.63) is 0 Å². The summed E-state index contributed by atoms with van der Waals surface area (Å²) >= 11 is 0. The standard InChI is InChI=1S/C16H28N2/c1-3-8-14(9-4-1)16(15-10-5-2-6-11-15)17-12-7-13-18(16)17/h14-15H,1-13H2. The summed E-state index contributed by atoms with van der Waals surface area (Å²) in [4.78, 5) is 0. The van der Waals surface area contributed by atoms with E-state index >= 15 is 0 Å². The predicted octanol–water partition coefficient (Wildman–Crippen LogP) is 3.78. The van der Waals surface area contributed by atoms with Gasteiger partial charge in [0.05, 0.1) is 0 Å². The topological polar surface area (TPSA) is 6.02 Å². The molecular weight excluding hydrogens is 220 g/mol. The van der Waals surface area contributed by atoms with E-state index in [0.717, 1.165) is 11.8 Å². The second-order valence-corrected chi connectivity index (χ2v) is 7.05. The lowest BCUT2D eigenvalue weighted by Crippen LogP contribution is -2.43. The molecule has 2 atom stereocenters. The lowest BCUT2D eigenvalue weighted by molar-refractivity contribution is 0.113. The molecule has 2 heteroatoms. The molecule has 2 heterocycles. The Morgan fingerprint density at radius 2 is 1.00 bits per heavy atom. The zero-order valence-corrected chi connectivity index (χ0v) is 11.7. The summed E-state index contributed by atoms with van der Waals surface area (Å²) in [5.41, 5.74) is 0.569. The summed E-state index contributed by atoms with van der Waals surface area (Å²) in [7, 11) is 0. The van der Waals surface area contributed by atoms with Crippen LogP contribution in [0.25, 0.3) is 0 Å². The van der Waals surface area contributed by atoms with Crippen molar-refractivity contribution in [3.63, 3.8) is 0 Å². The molecular formula is C16H28N2. The second-order valence-electron chi connectivity index (χ2n) is 7.05. The second kappa shape index (κ2) is 4.49. The Bertz CT molecular complexity index is 272. The molecule has 4 aliphatic rings. The van der Waals surface area contributed by atoms with E-state index in [9.17, 15) is 0 Å². The molecule has 0 aromatic rings. The third kappa shape index (κ3) is 1.54. The van der Waals surface area contributed by atoms with Gasteiger partial charge in [0.25, 0.3) is 0 Å². The highest BCUT2D eigenvalue weighted by Crippen LogP contribution is 2.59. The van der Waals surface area contributed by atoms with Gasteiger partial charge in [0.1, 0.15) is 5.66 Å². The van der Waals surface area contributed by atoms with Gasteiger partial charge in [-0.15, -0.1) is 0 Å². The first kappa shape index (κ1) is 11.7. The molecule has 18 heavy (non-hydrogen) atoms. The van der Waals surface area contributed by atoms with Gasteiger partial charge < -0.3 is 0 Å². The Morgan fingerprint density at radius 1 is 0.556 bits per heavy atom. The Balaban J connectivity index is 1.58. The lowest BCUT2D eigenvalue weighted by Gasteiger charge is -2.38. The molecule has 102 valence electrons. The Hall–Kier alpha value is -0.0800. The minimum Gasteiger partial charge on any atom is -0.218 e. The van der Waals surface area contributed by atoms with Gasteiger partial charge in [-0.2, -0.15) is 0 Å². The molecule has 2 saturated carbocycles. The van der Waals surface area contributed by atoms with Crippen LogP contribution in [0, 0.1) is 11.8 Å². The average molecular weight is 248 g/mol. The van der Waals surface area contributed by atoms with Gasteiger partial charge >= 0.3 is 0 Å². The van der Waals surface area contributed by atoms with Crippen LogP contribution in [0.2, 0.25) is 0 Å². The van der Waals surface area contributed by atoms with Crippen molar-refractivity contribution in [1.29, 1.82) is 0 Å². The molecule has 0 aromatic heterocycles. The minimum atomic E-state index is 0.569. The summed E-state index contributed by atoms with van der Waals surface area (Å²) in [6.45, 7) is 2.74. The number of hydrogen-bond donors (Lipinski definition) is 0. The third-order valence-electron chi connectivity index (χ3n) is 6.23. The Labute approximate surface area is 112 Å². The van der Waals surface area contributed by atoms with Crippen molar-refractivity contribution in [3.8, 4) is 0 Å². The van der Waals surface area contributed by atoms with E-state index in [1.165, 1.54) is 83.7 Å². The van der Waals surface area contributed by atoms with E-state index in [-0.39, 0.29) is 0 Å². The highest BCUT2D eigenvalue weighted by molar-refractivity contribution is 5.12. The first-order chi connectivity index (χ1) is 8.94. The van der Waals surface area contributed by atoms with Crippen LogP contribution in [0.5, 0.6) is 0 Å². The molecule has 0 amide bonds. The molecule has 0 N–H and O–H groups in total. The first-order valence-electron chi connectivity index (χ1n) is 8.49. The molecule has 2 aliphatic heterocycles. The molecule has 2 nitrogen and oxygen atoms in total. The fourth-order valence-electron chi connectivity index (χ4n) is 5.54. The Morgan fingerprint density at radius 3 is 1.44 bits per heavy atom. The van der Waals surface area contributed by atoms with Gasteiger partial charge in [-0.25, -0.2) is 10.0 Å². The van der Waals surface area contributed by atoms with Crippen LogP contribution in [0.1, 0.15) is 70.6 Å². The van der Waals surface area contributed by atoms with Crippen LogP contribution < -0.4 is 0 Å².